The average molecular weight is 476 g/mol. The molecule has 100 valence electrons. The fourth-order valence-electron chi connectivity index (χ4n) is 1.34. The lowest BCUT2D eigenvalue weighted by atomic mass is 10.2. The summed E-state index contributed by atoms with van der Waals surface area (Å²) in [4.78, 5) is 11.5. The molecule has 6 heteroatoms. The summed E-state index contributed by atoms with van der Waals surface area (Å²) >= 11 is 4.27. The highest BCUT2D eigenvalue weighted by molar-refractivity contribution is 14.1. The van der Waals surface area contributed by atoms with Gasteiger partial charge in [-0.05, 0) is 57.3 Å². The summed E-state index contributed by atoms with van der Waals surface area (Å²) in [5.74, 6) is 0.383. The summed E-state index contributed by atoms with van der Waals surface area (Å²) in [6.07, 6.45) is 0.470. The monoisotopic (exact) mass is 476 g/mol. The lowest BCUT2D eigenvalue weighted by Crippen LogP contribution is -2.18. The molecule has 0 aromatic heterocycles. The first kappa shape index (κ1) is 16.0. The normalized spacial score (nSPS) is 12.1. The van der Waals surface area contributed by atoms with Crippen molar-refractivity contribution in [3.8, 4) is 5.75 Å². The second-order valence-electron chi connectivity index (χ2n) is 3.45. The number of rotatable bonds is 5. The number of halogens is 2. The van der Waals surface area contributed by atoms with Gasteiger partial charge in [0.15, 0.2) is 6.29 Å². The lowest BCUT2D eigenvalue weighted by Gasteiger charge is -2.18. The summed E-state index contributed by atoms with van der Waals surface area (Å²) in [7, 11) is 2.97. The molecular weight excluding hydrogens is 462 g/mol. The Labute approximate surface area is 134 Å². The van der Waals surface area contributed by atoms with Crippen molar-refractivity contribution in [3.63, 3.8) is 0 Å². The molecule has 1 aromatic rings. The number of hydrogen-bond acceptors (Lipinski definition) is 4. The molecule has 1 aromatic carbocycles. The van der Waals surface area contributed by atoms with Crippen LogP contribution in [-0.2, 0) is 9.47 Å². The third-order valence-corrected chi connectivity index (χ3v) is 3.87. The number of carbonyl (C=O) groups is 1. The number of ether oxygens (including phenoxy) is 3. The highest BCUT2D eigenvalue weighted by Gasteiger charge is 2.16. The number of esters is 1. The molecule has 0 spiro atoms. The van der Waals surface area contributed by atoms with Crippen LogP contribution in [0, 0.1) is 7.14 Å². The van der Waals surface area contributed by atoms with Crippen molar-refractivity contribution in [2.45, 2.75) is 19.6 Å². The second kappa shape index (κ2) is 7.49. The summed E-state index contributed by atoms with van der Waals surface area (Å²) in [5.41, 5.74) is 0.518. The first-order chi connectivity index (χ1) is 8.53. The van der Waals surface area contributed by atoms with Crippen molar-refractivity contribution in [2.75, 3.05) is 14.2 Å². The maximum absolute atomic E-state index is 11.5. The van der Waals surface area contributed by atoms with E-state index in [1.54, 1.807) is 19.2 Å². The fraction of sp³-hybridized carbons (Fsp3) is 0.417. The van der Waals surface area contributed by atoms with Crippen LogP contribution in [-0.4, -0.2) is 26.5 Å². The number of benzene rings is 1. The van der Waals surface area contributed by atoms with Crippen molar-refractivity contribution in [2.24, 2.45) is 0 Å². The van der Waals surface area contributed by atoms with E-state index in [-0.39, 0.29) is 12.3 Å². The maximum atomic E-state index is 11.5. The van der Waals surface area contributed by atoms with Gasteiger partial charge in [0.05, 0.1) is 19.8 Å². The van der Waals surface area contributed by atoms with E-state index >= 15 is 0 Å². The third kappa shape index (κ3) is 3.95. The smallest absolute Gasteiger partial charge is 0.337 e. The standard InChI is InChI=1S/C12H14I2O4/c1-4-10(16-2)18-11-8(13)5-7(6-9(11)14)12(15)17-3/h5-6,10H,4H2,1-3H3. The van der Waals surface area contributed by atoms with Crippen LogP contribution in [0.25, 0.3) is 0 Å². The van der Waals surface area contributed by atoms with Crippen molar-refractivity contribution < 1.29 is 19.0 Å². The van der Waals surface area contributed by atoms with E-state index in [4.69, 9.17) is 14.2 Å². The number of carbonyl (C=O) groups excluding carboxylic acids is 1. The molecule has 1 unspecified atom stereocenters. The topological polar surface area (TPSA) is 44.8 Å². The zero-order chi connectivity index (χ0) is 13.7. The molecule has 1 rings (SSSR count). The summed E-state index contributed by atoms with van der Waals surface area (Å²) < 4.78 is 17.4. The molecule has 0 saturated carbocycles. The molecule has 0 heterocycles. The van der Waals surface area contributed by atoms with Gasteiger partial charge in [0.2, 0.25) is 0 Å². The maximum Gasteiger partial charge on any atom is 0.337 e. The minimum absolute atomic E-state index is 0.281. The number of hydrogen-bond donors (Lipinski definition) is 0. The molecule has 1 atom stereocenters. The van der Waals surface area contributed by atoms with Gasteiger partial charge in [-0.3, -0.25) is 0 Å². The summed E-state index contributed by atoms with van der Waals surface area (Å²) in [5, 5.41) is 0. The average Bonchev–Trinajstić information content (AvgIpc) is 2.37. The van der Waals surface area contributed by atoms with Gasteiger partial charge in [-0.2, -0.15) is 0 Å². The quantitative estimate of drug-likeness (QED) is 0.372. The van der Waals surface area contributed by atoms with E-state index in [2.05, 4.69) is 45.2 Å². The minimum Gasteiger partial charge on any atom is -0.465 e. The lowest BCUT2D eigenvalue weighted by molar-refractivity contribution is -0.0558. The van der Waals surface area contributed by atoms with Gasteiger partial charge in [0.25, 0.3) is 0 Å². The van der Waals surface area contributed by atoms with E-state index in [1.807, 2.05) is 6.92 Å². The molecule has 0 aliphatic carbocycles. The Morgan fingerprint density at radius 3 is 2.22 bits per heavy atom. The Hall–Kier alpha value is -0.0900. The molecule has 0 N–H and O–H groups in total. The number of methoxy groups -OCH3 is 2. The summed E-state index contributed by atoms with van der Waals surface area (Å²) in [6.45, 7) is 1.98. The highest BCUT2D eigenvalue weighted by Crippen LogP contribution is 2.30. The Bertz CT molecular complexity index is 407. The van der Waals surface area contributed by atoms with Crippen LogP contribution >= 0.6 is 45.2 Å². The van der Waals surface area contributed by atoms with Crippen LogP contribution < -0.4 is 4.74 Å². The summed E-state index contributed by atoms with van der Waals surface area (Å²) in [6, 6.07) is 3.48. The molecule has 0 saturated heterocycles. The van der Waals surface area contributed by atoms with Crippen LogP contribution in [0.2, 0.25) is 0 Å². The SMILES string of the molecule is CCC(OC)Oc1c(I)cc(C(=O)OC)cc1I. The fourth-order valence-corrected chi connectivity index (χ4v) is 3.36. The van der Waals surface area contributed by atoms with E-state index in [0.29, 0.717) is 5.56 Å². The van der Waals surface area contributed by atoms with Gasteiger partial charge in [-0.25, -0.2) is 4.79 Å². The van der Waals surface area contributed by atoms with Crippen LogP contribution in [0.4, 0.5) is 0 Å². The zero-order valence-electron chi connectivity index (χ0n) is 10.3. The van der Waals surface area contributed by atoms with E-state index < -0.39 is 0 Å². The molecule has 0 aliphatic rings. The molecule has 0 radical (unpaired) electrons. The van der Waals surface area contributed by atoms with Gasteiger partial charge in [-0.1, -0.05) is 6.92 Å². The van der Waals surface area contributed by atoms with Gasteiger partial charge >= 0.3 is 5.97 Å². The predicted octanol–water partition coefficient (Wildman–Crippen LogP) is 3.44. The predicted molar refractivity (Wildman–Crippen MR) is 84.9 cm³/mol. The van der Waals surface area contributed by atoms with E-state index in [1.165, 1.54) is 7.11 Å². The molecule has 0 bridgehead atoms. The van der Waals surface area contributed by atoms with Crippen LogP contribution in [0.3, 0.4) is 0 Å². The van der Waals surface area contributed by atoms with Crippen molar-refractivity contribution >= 4 is 51.2 Å². The molecule has 4 nitrogen and oxygen atoms in total. The van der Waals surface area contributed by atoms with Gasteiger partial charge < -0.3 is 14.2 Å². The Morgan fingerprint density at radius 1 is 1.28 bits per heavy atom. The zero-order valence-corrected chi connectivity index (χ0v) is 14.6. The largest absolute Gasteiger partial charge is 0.465 e. The minimum atomic E-state index is -0.351. The van der Waals surface area contributed by atoms with Gasteiger partial charge in [-0.15, -0.1) is 0 Å². The molecule has 0 aliphatic heterocycles. The Balaban J connectivity index is 3.04. The third-order valence-electron chi connectivity index (χ3n) is 2.26. The Morgan fingerprint density at radius 2 is 1.83 bits per heavy atom. The van der Waals surface area contributed by atoms with Crippen LogP contribution in [0.15, 0.2) is 12.1 Å². The van der Waals surface area contributed by atoms with Gasteiger partial charge in [0, 0.05) is 13.5 Å². The van der Waals surface area contributed by atoms with Crippen LogP contribution in [0.5, 0.6) is 5.75 Å². The van der Waals surface area contributed by atoms with Crippen molar-refractivity contribution in [1.29, 1.82) is 0 Å². The molecule has 0 fully saturated rings. The first-order valence-electron chi connectivity index (χ1n) is 5.30. The van der Waals surface area contributed by atoms with Crippen molar-refractivity contribution in [3.05, 3.63) is 24.8 Å². The van der Waals surface area contributed by atoms with Gasteiger partial charge in [0.1, 0.15) is 5.75 Å². The van der Waals surface area contributed by atoms with E-state index in [0.717, 1.165) is 19.3 Å². The van der Waals surface area contributed by atoms with Crippen molar-refractivity contribution in [1.82, 2.24) is 0 Å². The molecular formula is C12H14I2O4. The Kier molecular flexibility index (Phi) is 6.64. The molecule has 0 amide bonds. The first-order valence-corrected chi connectivity index (χ1v) is 7.46. The highest BCUT2D eigenvalue weighted by atomic mass is 127. The molecule has 18 heavy (non-hydrogen) atoms. The van der Waals surface area contributed by atoms with Crippen LogP contribution in [0.1, 0.15) is 23.7 Å². The van der Waals surface area contributed by atoms with E-state index in [9.17, 15) is 4.79 Å². The second-order valence-corrected chi connectivity index (χ2v) is 5.78.